The van der Waals surface area contributed by atoms with Gasteiger partial charge in [0.1, 0.15) is 0 Å². The monoisotopic (exact) mass is 274 g/mol. The van der Waals surface area contributed by atoms with Crippen LogP contribution < -0.4 is 5.32 Å². The summed E-state index contributed by atoms with van der Waals surface area (Å²) in [5.74, 6) is 0.780. The molecule has 1 aromatic rings. The fourth-order valence-corrected chi connectivity index (χ4v) is 3.32. The third-order valence-corrected chi connectivity index (χ3v) is 4.89. The van der Waals surface area contributed by atoms with Gasteiger partial charge in [0.2, 0.25) is 0 Å². The highest BCUT2D eigenvalue weighted by atomic mass is 15.1. The molecule has 1 saturated carbocycles. The standard InChI is InChI=1S/C18H30N2/c1-4-20(5-2)14-15-6-8-16(9-7-15)17-10-12-18(19-3)13-11-17/h6-9,17-19H,4-5,10-14H2,1-3H3. The van der Waals surface area contributed by atoms with Crippen molar-refractivity contribution in [1.29, 1.82) is 0 Å². The van der Waals surface area contributed by atoms with Gasteiger partial charge in [-0.3, -0.25) is 4.90 Å². The van der Waals surface area contributed by atoms with Gasteiger partial charge in [-0.05, 0) is 62.9 Å². The average Bonchev–Trinajstić information content (AvgIpc) is 2.53. The number of benzene rings is 1. The molecule has 0 aromatic heterocycles. The molecule has 2 nitrogen and oxygen atoms in total. The van der Waals surface area contributed by atoms with Gasteiger partial charge in [0, 0.05) is 12.6 Å². The predicted molar refractivity (Wildman–Crippen MR) is 87.1 cm³/mol. The molecule has 1 aliphatic rings. The van der Waals surface area contributed by atoms with E-state index in [1.165, 1.54) is 31.2 Å². The molecule has 112 valence electrons. The van der Waals surface area contributed by atoms with Crippen LogP contribution in [0, 0.1) is 0 Å². The quantitative estimate of drug-likeness (QED) is 0.849. The normalized spacial score (nSPS) is 23.2. The van der Waals surface area contributed by atoms with Crippen molar-refractivity contribution in [3.8, 4) is 0 Å². The van der Waals surface area contributed by atoms with Crippen LogP contribution in [0.15, 0.2) is 24.3 Å². The van der Waals surface area contributed by atoms with Crippen molar-refractivity contribution in [2.45, 2.75) is 58.0 Å². The second kappa shape index (κ2) is 7.80. The van der Waals surface area contributed by atoms with Gasteiger partial charge in [0.25, 0.3) is 0 Å². The van der Waals surface area contributed by atoms with Gasteiger partial charge in [0.05, 0.1) is 0 Å². The maximum Gasteiger partial charge on any atom is 0.0233 e. The Hall–Kier alpha value is -0.860. The first-order valence-electron chi connectivity index (χ1n) is 8.25. The number of nitrogens with one attached hydrogen (secondary N) is 1. The first kappa shape index (κ1) is 15.5. The SMILES string of the molecule is CCN(CC)Cc1ccc(C2CCC(NC)CC2)cc1. The number of hydrogen-bond donors (Lipinski definition) is 1. The van der Waals surface area contributed by atoms with Crippen LogP contribution in [-0.2, 0) is 6.54 Å². The van der Waals surface area contributed by atoms with E-state index in [4.69, 9.17) is 0 Å². The Kier molecular flexibility index (Phi) is 6.06. The number of rotatable bonds is 6. The van der Waals surface area contributed by atoms with Gasteiger partial charge in [-0.15, -0.1) is 0 Å². The summed E-state index contributed by atoms with van der Waals surface area (Å²) in [5.41, 5.74) is 2.99. The first-order valence-corrected chi connectivity index (χ1v) is 8.25. The van der Waals surface area contributed by atoms with E-state index in [9.17, 15) is 0 Å². The summed E-state index contributed by atoms with van der Waals surface area (Å²) in [7, 11) is 2.09. The van der Waals surface area contributed by atoms with E-state index in [2.05, 4.69) is 55.4 Å². The highest BCUT2D eigenvalue weighted by molar-refractivity contribution is 5.26. The molecule has 20 heavy (non-hydrogen) atoms. The van der Waals surface area contributed by atoms with E-state index >= 15 is 0 Å². The largest absolute Gasteiger partial charge is 0.317 e. The van der Waals surface area contributed by atoms with Crippen molar-refractivity contribution < 1.29 is 0 Å². The molecule has 0 unspecified atom stereocenters. The summed E-state index contributed by atoms with van der Waals surface area (Å²) in [6.07, 6.45) is 5.31. The number of nitrogens with zero attached hydrogens (tertiary/aromatic N) is 1. The summed E-state index contributed by atoms with van der Waals surface area (Å²) in [4.78, 5) is 2.47. The lowest BCUT2D eigenvalue weighted by Crippen LogP contribution is -2.29. The fourth-order valence-electron chi connectivity index (χ4n) is 3.32. The molecule has 2 rings (SSSR count). The van der Waals surface area contributed by atoms with E-state index < -0.39 is 0 Å². The molecule has 0 heterocycles. The Bertz CT molecular complexity index is 373. The summed E-state index contributed by atoms with van der Waals surface area (Å²) >= 11 is 0. The predicted octanol–water partition coefficient (Wildman–Crippen LogP) is 3.77. The molecule has 1 aromatic carbocycles. The lowest BCUT2D eigenvalue weighted by atomic mass is 9.81. The maximum atomic E-state index is 3.41. The Morgan fingerprint density at radius 3 is 2.10 bits per heavy atom. The minimum Gasteiger partial charge on any atom is -0.317 e. The Morgan fingerprint density at radius 2 is 1.60 bits per heavy atom. The van der Waals surface area contributed by atoms with E-state index in [-0.39, 0.29) is 0 Å². The van der Waals surface area contributed by atoms with Crippen molar-refractivity contribution >= 4 is 0 Å². The van der Waals surface area contributed by atoms with Crippen LogP contribution in [-0.4, -0.2) is 31.1 Å². The van der Waals surface area contributed by atoms with Crippen molar-refractivity contribution in [1.82, 2.24) is 10.2 Å². The first-order chi connectivity index (χ1) is 9.76. The van der Waals surface area contributed by atoms with Crippen molar-refractivity contribution in [3.63, 3.8) is 0 Å². The van der Waals surface area contributed by atoms with E-state index in [1.54, 1.807) is 5.56 Å². The number of hydrogen-bond acceptors (Lipinski definition) is 2. The Labute approximate surface area is 124 Å². The van der Waals surface area contributed by atoms with Gasteiger partial charge in [-0.1, -0.05) is 38.1 Å². The smallest absolute Gasteiger partial charge is 0.0233 e. The van der Waals surface area contributed by atoms with E-state index in [0.717, 1.165) is 31.6 Å². The summed E-state index contributed by atoms with van der Waals surface area (Å²) in [6.45, 7) is 7.81. The van der Waals surface area contributed by atoms with Gasteiger partial charge in [0.15, 0.2) is 0 Å². The maximum absolute atomic E-state index is 3.41. The molecule has 0 radical (unpaired) electrons. The molecule has 1 aliphatic carbocycles. The van der Waals surface area contributed by atoms with Crippen LogP contribution in [0.4, 0.5) is 0 Å². The van der Waals surface area contributed by atoms with Crippen LogP contribution in [0.2, 0.25) is 0 Å². The lowest BCUT2D eigenvalue weighted by molar-refractivity contribution is 0.296. The molecular weight excluding hydrogens is 244 g/mol. The Balaban J connectivity index is 1.91. The van der Waals surface area contributed by atoms with Gasteiger partial charge in [-0.25, -0.2) is 0 Å². The highest BCUT2D eigenvalue weighted by Gasteiger charge is 2.21. The van der Waals surface area contributed by atoms with Crippen LogP contribution in [0.25, 0.3) is 0 Å². The van der Waals surface area contributed by atoms with Gasteiger partial charge < -0.3 is 5.32 Å². The lowest BCUT2D eigenvalue weighted by Gasteiger charge is -2.28. The van der Waals surface area contributed by atoms with Crippen molar-refractivity contribution in [2.75, 3.05) is 20.1 Å². The molecule has 0 amide bonds. The summed E-state index contributed by atoms with van der Waals surface area (Å²) in [5, 5.41) is 3.41. The second-order valence-corrected chi connectivity index (χ2v) is 6.04. The van der Waals surface area contributed by atoms with Crippen LogP contribution in [0.3, 0.4) is 0 Å². The van der Waals surface area contributed by atoms with Gasteiger partial charge in [-0.2, -0.15) is 0 Å². The molecule has 0 spiro atoms. The molecule has 0 bridgehead atoms. The topological polar surface area (TPSA) is 15.3 Å². The van der Waals surface area contributed by atoms with Crippen LogP contribution in [0.1, 0.15) is 56.6 Å². The molecule has 0 atom stereocenters. The van der Waals surface area contributed by atoms with E-state index in [0.29, 0.717) is 0 Å². The molecular formula is C18H30N2. The molecule has 2 heteroatoms. The summed E-state index contributed by atoms with van der Waals surface area (Å²) in [6, 6.07) is 10.1. The van der Waals surface area contributed by atoms with E-state index in [1.807, 2.05) is 0 Å². The minimum atomic E-state index is 0.744. The van der Waals surface area contributed by atoms with Crippen LogP contribution in [0.5, 0.6) is 0 Å². The third kappa shape index (κ3) is 4.07. The highest BCUT2D eigenvalue weighted by Crippen LogP contribution is 2.32. The van der Waals surface area contributed by atoms with Gasteiger partial charge >= 0.3 is 0 Å². The molecule has 1 fully saturated rings. The minimum absolute atomic E-state index is 0.744. The third-order valence-electron chi connectivity index (χ3n) is 4.89. The fraction of sp³-hybridized carbons (Fsp3) is 0.667. The zero-order chi connectivity index (χ0) is 14.4. The zero-order valence-electron chi connectivity index (χ0n) is 13.4. The van der Waals surface area contributed by atoms with Crippen molar-refractivity contribution in [2.24, 2.45) is 0 Å². The Morgan fingerprint density at radius 1 is 1.00 bits per heavy atom. The van der Waals surface area contributed by atoms with Crippen molar-refractivity contribution in [3.05, 3.63) is 35.4 Å². The summed E-state index contributed by atoms with van der Waals surface area (Å²) < 4.78 is 0. The second-order valence-electron chi connectivity index (χ2n) is 6.04. The zero-order valence-corrected chi connectivity index (χ0v) is 13.4. The average molecular weight is 274 g/mol. The molecule has 1 N–H and O–H groups in total. The molecule has 0 aliphatic heterocycles. The van der Waals surface area contributed by atoms with Crippen LogP contribution >= 0.6 is 0 Å². The molecule has 0 saturated heterocycles.